The molecule has 21 heavy (non-hydrogen) atoms. The number of benzene rings is 1. The summed E-state index contributed by atoms with van der Waals surface area (Å²) in [7, 11) is 3.33. The maximum absolute atomic E-state index is 6.66. The number of ether oxygens (including phenoxy) is 3. The van der Waals surface area contributed by atoms with Crippen LogP contribution in [0.1, 0.15) is 50.6 Å². The van der Waals surface area contributed by atoms with E-state index in [0.29, 0.717) is 6.61 Å². The minimum absolute atomic E-state index is 0.246. The molecule has 1 aromatic carbocycles. The highest BCUT2D eigenvalue weighted by Crippen LogP contribution is 2.45. The Balaban J connectivity index is 2.42. The molecule has 4 nitrogen and oxygen atoms in total. The van der Waals surface area contributed by atoms with E-state index in [4.69, 9.17) is 19.9 Å². The Labute approximate surface area is 127 Å². The summed E-state index contributed by atoms with van der Waals surface area (Å²) in [4.78, 5) is 0. The van der Waals surface area contributed by atoms with Gasteiger partial charge < -0.3 is 19.9 Å². The SMILES string of the molecule is CCOC1(C(N)c2c(OC)cccc2OC)CCCCC1. The zero-order valence-corrected chi connectivity index (χ0v) is 13.4. The van der Waals surface area contributed by atoms with Crippen LogP contribution in [0.25, 0.3) is 0 Å². The fourth-order valence-corrected chi connectivity index (χ4v) is 3.43. The maximum Gasteiger partial charge on any atom is 0.127 e. The second-order valence-electron chi connectivity index (χ2n) is 5.61. The molecule has 1 aliphatic carbocycles. The first kappa shape index (κ1) is 16.1. The first-order valence-electron chi connectivity index (χ1n) is 7.79. The van der Waals surface area contributed by atoms with E-state index in [-0.39, 0.29) is 11.6 Å². The van der Waals surface area contributed by atoms with E-state index in [2.05, 4.69) is 0 Å². The third-order valence-electron chi connectivity index (χ3n) is 4.48. The van der Waals surface area contributed by atoms with Gasteiger partial charge in [0.2, 0.25) is 0 Å². The second-order valence-corrected chi connectivity index (χ2v) is 5.61. The average molecular weight is 293 g/mol. The molecular formula is C17H27NO3. The van der Waals surface area contributed by atoms with E-state index in [1.165, 1.54) is 6.42 Å². The predicted octanol–water partition coefficient (Wildman–Crippen LogP) is 3.44. The Morgan fingerprint density at radius 2 is 1.67 bits per heavy atom. The molecule has 0 aliphatic heterocycles. The Morgan fingerprint density at radius 3 is 2.14 bits per heavy atom. The highest BCUT2D eigenvalue weighted by Gasteiger charge is 2.41. The number of rotatable bonds is 6. The van der Waals surface area contributed by atoms with E-state index >= 15 is 0 Å². The Bertz CT molecular complexity index is 428. The van der Waals surface area contributed by atoms with Crippen LogP contribution in [-0.2, 0) is 4.74 Å². The molecular weight excluding hydrogens is 266 g/mol. The van der Waals surface area contributed by atoms with Gasteiger partial charge in [-0.15, -0.1) is 0 Å². The lowest BCUT2D eigenvalue weighted by atomic mass is 9.76. The summed E-state index contributed by atoms with van der Waals surface area (Å²) >= 11 is 0. The lowest BCUT2D eigenvalue weighted by molar-refractivity contribution is -0.0837. The van der Waals surface area contributed by atoms with Gasteiger partial charge in [-0.3, -0.25) is 0 Å². The second kappa shape index (κ2) is 7.14. The first-order valence-corrected chi connectivity index (χ1v) is 7.79. The zero-order chi connectivity index (χ0) is 15.3. The van der Waals surface area contributed by atoms with Gasteiger partial charge in [0.25, 0.3) is 0 Å². The van der Waals surface area contributed by atoms with Gasteiger partial charge in [0.05, 0.1) is 31.4 Å². The van der Waals surface area contributed by atoms with Gasteiger partial charge in [0.15, 0.2) is 0 Å². The van der Waals surface area contributed by atoms with Crippen molar-refractivity contribution < 1.29 is 14.2 Å². The average Bonchev–Trinajstić information content (AvgIpc) is 2.54. The van der Waals surface area contributed by atoms with E-state index in [1.54, 1.807) is 14.2 Å². The van der Waals surface area contributed by atoms with E-state index in [0.717, 1.165) is 42.7 Å². The molecule has 2 rings (SSSR count). The zero-order valence-electron chi connectivity index (χ0n) is 13.4. The van der Waals surface area contributed by atoms with Crippen LogP contribution in [0.15, 0.2) is 18.2 Å². The van der Waals surface area contributed by atoms with Gasteiger partial charge in [0, 0.05) is 6.61 Å². The molecule has 1 aliphatic rings. The van der Waals surface area contributed by atoms with Crippen LogP contribution in [0, 0.1) is 0 Å². The third kappa shape index (κ3) is 3.16. The van der Waals surface area contributed by atoms with Crippen LogP contribution >= 0.6 is 0 Å². The maximum atomic E-state index is 6.66. The molecule has 0 spiro atoms. The van der Waals surface area contributed by atoms with Crippen molar-refractivity contribution in [3.63, 3.8) is 0 Å². The van der Waals surface area contributed by atoms with E-state index in [9.17, 15) is 0 Å². The van der Waals surface area contributed by atoms with Gasteiger partial charge in [-0.2, -0.15) is 0 Å². The smallest absolute Gasteiger partial charge is 0.127 e. The molecule has 0 heterocycles. The van der Waals surface area contributed by atoms with Crippen molar-refractivity contribution in [1.82, 2.24) is 0 Å². The molecule has 0 saturated heterocycles. The van der Waals surface area contributed by atoms with Crippen molar-refractivity contribution in [3.05, 3.63) is 23.8 Å². The molecule has 4 heteroatoms. The Hall–Kier alpha value is -1.26. The summed E-state index contributed by atoms with van der Waals surface area (Å²) in [6.07, 6.45) is 5.55. The molecule has 1 fully saturated rings. The monoisotopic (exact) mass is 293 g/mol. The van der Waals surface area contributed by atoms with E-state index in [1.807, 2.05) is 25.1 Å². The molecule has 0 aromatic heterocycles. The molecule has 1 atom stereocenters. The molecule has 0 amide bonds. The van der Waals surface area contributed by atoms with E-state index < -0.39 is 0 Å². The number of nitrogens with two attached hydrogens (primary N) is 1. The van der Waals surface area contributed by atoms with Gasteiger partial charge in [0.1, 0.15) is 11.5 Å². The van der Waals surface area contributed by atoms with Gasteiger partial charge in [-0.05, 0) is 31.9 Å². The minimum Gasteiger partial charge on any atom is -0.496 e. The summed E-state index contributed by atoms with van der Waals surface area (Å²) in [6, 6.07) is 5.53. The summed E-state index contributed by atoms with van der Waals surface area (Å²) in [6.45, 7) is 2.70. The normalized spacial score (nSPS) is 19.0. The third-order valence-corrected chi connectivity index (χ3v) is 4.48. The number of hydrogen-bond acceptors (Lipinski definition) is 4. The molecule has 1 aromatic rings. The minimum atomic E-state index is -0.311. The quantitative estimate of drug-likeness (QED) is 0.873. The van der Waals surface area contributed by atoms with Gasteiger partial charge in [-0.1, -0.05) is 25.3 Å². The lowest BCUT2D eigenvalue weighted by Crippen LogP contribution is -2.45. The van der Waals surface area contributed by atoms with Crippen LogP contribution in [0.2, 0.25) is 0 Å². The summed E-state index contributed by atoms with van der Waals surface area (Å²) in [5, 5.41) is 0. The van der Waals surface area contributed by atoms with Crippen molar-refractivity contribution in [3.8, 4) is 11.5 Å². The summed E-state index contributed by atoms with van der Waals surface area (Å²) in [5.74, 6) is 1.54. The van der Waals surface area contributed by atoms with Gasteiger partial charge in [-0.25, -0.2) is 0 Å². The topological polar surface area (TPSA) is 53.7 Å². The largest absolute Gasteiger partial charge is 0.496 e. The Kier molecular flexibility index (Phi) is 5.48. The van der Waals surface area contributed by atoms with Crippen LogP contribution in [0.4, 0.5) is 0 Å². The Morgan fingerprint density at radius 1 is 1.10 bits per heavy atom. The molecule has 118 valence electrons. The number of hydrogen-bond donors (Lipinski definition) is 1. The lowest BCUT2D eigenvalue weighted by Gasteiger charge is -2.42. The van der Waals surface area contributed by atoms with Crippen molar-refractivity contribution in [1.29, 1.82) is 0 Å². The number of methoxy groups -OCH3 is 2. The first-order chi connectivity index (χ1) is 10.2. The van der Waals surface area contributed by atoms with Crippen molar-refractivity contribution in [2.75, 3.05) is 20.8 Å². The standard InChI is InChI=1S/C17H27NO3/c1-4-21-17(11-6-5-7-12-17)16(18)15-13(19-2)9-8-10-14(15)20-3/h8-10,16H,4-7,11-12,18H2,1-3H3. The van der Waals surface area contributed by atoms with Gasteiger partial charge >= 0.3 is 0 Å². The molecule has 1 saturated carbocycles. The van der Waals surface area contributed by atoms with Crippen LogP contribution in [0.5, 0.6) is 11.5 Å². The fourth-order valence-electron chi connectivity index (χ4n) is 3.43. The van der Waals surface area contributed by atoms with Crippen LogP contribution in [-0.4, -0.2) is 26.4 Å². The van der Waals surface area contributed by atoms with Crippen molar-refractivity contribution in [2.45, 2.75) is 50.7 Å². The van der Waals surface area contributed by atoms with Crippen molar-refractivity contribution >= 4 is 0 Å². The van der Waals surface area contributed by atoms with Crippen LogP contribution in [0.3, 0.4) is 0 Å². The van der Waals surface area contributed by atoms with Crippen LogP contribution < -0.4 is 15.2 Å². The highest BCUT2D eigenvalue weighted by molar-refractivity contribution is 5.48. The molecule has 0 bridgehead atoms. The molecule has 0 radical (unpaired) electrons. The summed E-state index contributed by atoms with van der Waals surface area (Å²) in [5.41, 5.74) is 7.26. The molecule has 1 unspecified atom stereocenters. The van der Waals surface area contributed by atoms with Crippen molar-refractivity contribution in [2.24, 2.45) is 5.73 Å². The fraction of sp³-hybridized carbons (Fsp3) is 0.647. The molecule has 2 N–H and O–H groups in total. The highest BCUT2D eigenvalue weighted by atomic mass is 16.5. The summed E-state index contributed by atoms with van der Waals surface area (Å²) < 4.78 is 17.2. The predicted molar refractivity (Wildman–Crippen MR) is 83.9 cm³/mol.